The van der Waals surface area contributed by atoms with Gasteiger partial charge < -0.3 is 20.1 Å². The van der Waals surface area contributed by atoms with Crippen LogP contribution in [0, 0.1) is 5.92 Å². The quantitative estimate of drug-likeness (QED) is 0.878. The predicted molar refractivity (Wildman–Crippen MR) is 99.4 cm³/mol. The van der Waals surface area contributed by atoms with Crippen LogP contribution >= 0.6 is 0 Å². The molecule has 2 aromatic rings. The van der Waals surface area contributed by atoms with Crippen LogP contribution in [0.15, 0.2) is 48.5 Å². The van der Waals surface area contributed by atoms with Gasteiger partial charge in [-0.1, -0.05) is 30.3 Å². The lowest BCUT2D eigenvalue weighted by Crippen LogP contribution is -2.44. The second kappa shape index (κ2) is 7.91. The number of carboxylic acid groups (broad SMARTS) is 1. The third-order valence-electron chi connectivity index (χ3n) is 4.59. The van der Waals surface area contributed by atoms with Crippen molar-refractivity contribution in [3.8, 4) is 16.9 Å². The molecular weight excluding hydrogens is 332 g/mol. The molecule has 0 bridgehead atoms. The molecule has 1 saturated heterocycles. The van der Waals surface area contributed by atoms with Crippen molar-refractivity contribution in [2.75, 3.05) is 25.5 Å². The van der Waals surface area contributed by atoms with Crippen LogP contribution in [0.3, 0.4) is 0 Å². The normalized spacial score (nSPS) is 16.8. The number of piperidine rings is 1. The maximum absolute atomic E-state index is 12.5. The van der Waals surface area contributed by atoms with Gasteiger partial charge in [0.25, 0.3) is 0 Å². The highest BCUT2D eigenvalue weighted by atomic mass is 16.5. The number of likely N-dealkylation sites (tertiary alicyclic amines) is 1. The third-order valence-corrected chi connectivity index (χ3v) is 4.59. The molecular formula is C20H22N2O4. The summed E-state index contributed by atoms with van der Waals surface area (Å²) in [5, 5.41) is 12.0. The van der Waals surface area contributed by atoms with Crippen LogP contribution in [0.4, 0.5) is 10.5 Å². The Kier molecular flexibility index (Phi) is 5.41. The minimum Gasteiger partial charge on any atom is -0.496 e. The average molecular weight is 354 g/mol. The summed E-state index contributed by atoms with van der Waals surface area (Å²) in [5.41, 5.74) is 2.54. The first-order chi connectivity index (χ1) is 12.6. The Bertz CT molecular complexity index is 806. The van der Waals surface area contributed by atoms with E-state index >= 15 is 0 Å². The number of carbonyl (C=O) groups excluding carboxylic acids is 1. The number of hydrogen-bond acceptors (Lipinski definition) is 3. The maximum atomic E-state index is 12.5. The minimum absolute atomic E-state index is 0.243. The number of amides is 2. The Morgan fingerprint density at radius 1 is 1.19 bits per heavy atom. The van der Waals surface area contributed by atoms with Gasteiger partial charge in [-0.2, -0.15) is 0 Å². The fourth-order valence-electron chi connectivity index (χ4n) is 3.21. The summed E-state index contributed by atoms with van der Waals surface area (Å²) >= 11 is 0. The number of benzene rings is 2. The van der Waals surface area contributed by atoms with Crippen molar-refractivity contribution in [2.45, 2.75) is 12.8 Å². The Morgan fingerprint density at radius 2 is 2.00 bits per heavy atom. The molecule has 0 spiro atoms. The van der Waals surface area contributed by atoms with E-state index in [4.69, 9.17) is 9.84 Å². The summed E-state index contributed by atoms with van der Waals surface area (Å²) in [5.74, 6) is -0.577. The Labute approximate surface area is 152 Å². The summed E-state index contributed by atoms with van der Waals surface area (Å²) in [6.45, 7) is 0.815. The predicted octanol–water partition coefficient (Wildman–Crippen LogP) is 3.69. The Balaban J connectivity index is 1.74. The van der Waals surface area contributed by atoms with E-state index in [9.17, 15) is 9.59 Å². The van der Waals surface area contributed by atoms with Crippen molar-refractivity contribution >= 4 is 17.7 Å². The van der Waals surface area contributed by atoms with E-state index in [0.29, 0.717) is 25.1 Å². The molecule has 1 aliphatic rings. The van der Waals surface area contributed by atoms with Crippen LogP contribution in [0.1, 0.15) is 12.8 Å². The van der Waals surface area contributed by atoms with Crippen molar-refractivity contribution in [3.05, 3.63) is 48.5 Å². The molecule has 0 aromatic heterocycles. The van der Waals surface area contributed by atoms with Gasteiger partial charge in [0.1, 0.15) is 5.75 Å². The number of ether oxygens (including phenoxy) is 1. The van der Waals surface area contributed by atoms with Crippen molar-refractivity contribution in [1.29, 1.82) is 0 Å². The molecule has 136 valence electrons. The summed E-state index contributed by atoms with van der Waals surface area (Å²) < 4.78 is 5.40. The monoisotopic (exact) mass is 354 g/mol. The van der Waals surface area contributed by atoms with Crippen LogP contribution in [0.5, 0.6) is 5.75 Å². The molecule has 1 atom stereocenters. The Morgan fingerprint density at radius 3 is 2.77 bits per heavy atom. The van der Waals surface area contributed by atoms with E-state index in [1.165, 1.54) is 0 Å². The SMILES string of the molecule is COc1ccccc1-c1cccc(NC(=O)N2CCCC(C(=O)O)C2)c1. The van der Waals surface area contributed by atoms with Crippen LogP contribution in [0.25, 0.3) is 11.1 Å². The first-order valence-corrected chi connectivity index (χ1v) is 8.60. The molecule has 1 fully saturated rings. The van der Waals surface area contributed by atoms with Crippen LogP contribution in [-0.2, 0) is 4.79 Å². The summed E-state index contributed by atoms with van der Waals surface area (Å²) in [6, 6.07) is 14.9. The number of methoxy groups -OCH3 is 1. The van der Waals surface area contributed by atoms with E-state index in [0.717, 1.165) is 16.9 Å². The maximum Gasteiger partial charge on any atom is 0.321 e. The summed E-state index contributed by atoms with van der Waals surface area (Å²) in [7, 11) is 1.62. The highest BCUT2D eigenvalue weighted by molar-refractivity contribution is 5.91. The first kappa shape index (κ1) is 17.8. The molecule has 26 heavy (non-hydrogen) atoms. The molecule has 2 aromatic carbocycles. The molecule has 1 unspecified atom stereocenters. The van der Waals surface area contributed by atoms with Gasteiger partial charge >= 0.3 is 12.0 Å². The zero-order valence-electron chi connectivity index (χ0n) is 14.6. The number of urea groups is 1. The molecule has 0 radical (unpaired) electrons. The molecule has 2 amide bonds. The molecule has 6 nitrogen and oxygen atoms in total. The van der Waals surface area contributed by atoms with E-state index in [1.807, 2.05) is 48.5 Å². The van der Waals surface area contributed by atoms with Crippen molar-refractivity contribution in [2.24, 2.45) is 5.92 Å². The number of carbonyl (C=O) groups is 2. The van der Waals surface area contributed by atoms with Gasteiger partial charge in [-0.05, 0) is 36.6 Å². The molecule has 6 heteroatoms. The van der Waals surface area contributed by atoms with Gasteiger partial charge in [0.2, 0.25) is 0 Å². The zero-order valence-corrected chi connectivity index (χ0v) is 14.6. The topological polar surface area (TPSA) is 78.9 Å². The van der Waals surface area contributed by atoms with Gasteiger partial charge in [-0.15, -0.1) is 0 Å². The van der Waals surface area contributed by atoms with Crippen molar-refractivity contribution in [3.63, 3.8) is 0 Å². The lowest BCUT2D eigenvalue weighted by atomic mass is 9.99. The molecule has 2 N–H and O–H groups in total. The van der Waals surface area contributed by atoms with Crippen molar-refractivity contribution in [1.82, 2.24) is 4.90 Å². The van der Waals surface area contributed by atoms with Gasteiger partial charge in [-0.25, -0.2) is 4.79 Å². The second-order valence-electron chi connectivity index (χ2n) is 6.33. The van der Waals surface area contributed by atoms with Crippen LogP contribution in [-0.4, -0.2) is 42.2 Å². The number of rotatable bonds is 4. The highest BCUT2D eigenvalue weighted by Crippen LogP contribution is 2.31. The zero-order chi connectivity index (χ0) is 18.5. The van der Waals surface area contributed by atoms with Crippen LogP contribution in [0.2, 0.25) is 0 Å². The van der Waals surface area contributed by atoms with E-state index in [-0.39, 0.29) is 12.6 Å². The van der Waals surface area contributed by atoms with E-state index < -0.39 is 11.9 Å². The number of hydrogen-bond donors (Lipinski definition) is 2. The van der Waals surface area contributed by atoms with Gasteiger partial charge in [0, 0.05) is 24.3 Å². The number of nitrogens with zero attached hydrogens (tertiary/aromatic N) is 1. The third kappa shape index (κ3) is 3.96. The molecule has 0 saturated carbocycles. The standard InChI is InChI=1S/C20H22N2O4/c1-26-18-10-3-2-9-17(18)14-6-4-8-16(12-14)21-20(25)22-11-5-7-15(13-22)19(23)24/h2-4,6,8-10,12,15H,5,7,11,13H2,1H3,(H,21,25)(H,23,24). The highest BCUT2D eigenvalue weighted by Gasteiger charge is 2.28. The van der Waals surface area contributed by atoms with Gasteiger partial charge in [0.15, 0.2) is 0 Å². The number of nitrogens with one attached hydrogen (secondary N) is 1. The van der Waals surface area contributed by atoms with Gasteiger partial charge in [-0.3, -0.25) is 4.79 Å². The number of anilines is 1. The average Bonchev–Trinajstić information content (AvgIpc) is 2.68. The molecule has 1 heterocycles. The number of para-hydroxylation sites is 1. The molecule has 0 aliphatic carbocycles. The smallest absolute Gasteiger partial charge is 0.321 e. The molecule has 1 aliphatic heterocycles. The fraction of sp³-hybridized carbons (Fsp3) is 0.300. The second-order valence-corrected chi connectivity index (χ2v) is 6.33. The Hall–Kier alpha value is -3.02. The van der Waals surface area contributed by atoms with E-state index in [2.05, 4.69) is 5.32 Å². The fourth-order valence-corrected chi connectivity index (χ4v) is 3.21. The largest absolute Gasteiger partial charge is 0.496 e. The number of carboxylic acids is 1. The van der Waals surface area contributed by atoms with E-state index in [1.54, 1.807) is 12.0 Å². The summed E-state index contributed by atoms with van der Waals surface area (Å²) in [4.78, 5) is 25.2. The van der Waals surface area contributed by atoms with Crippen LogP contribution < -0.4 is 10.1 Å². The van der Waals surface area contributed by atoms with Gasteiger partial charge in [0.05, 0.1) is 13.0 Å². The first-order valence-electron chi connectivity index (χ1n) is 8.60. The lowest BCUT2D eigenvalue weighted by Gasteiger charge is -2.30. The minimum atomic E-state index is -0.847. The van der Waals surface area contributed by atoms with Crippen molar-refractivity contribution < 1.29 is 19.4 Å². The number of aliphatic carboxylic acids is 1. The molecule has 3 rings (SSSR count). The summed E-state index contributed by atoms with van der Waals surface area (Å²) in [6.07, 6.45) is 1.31. The lowest BCUT2D eigenvalue weighted by molar-refractivity contribution is -0.143.